The van der Waals surface area contributed by atoms with E-state index in [-0.39, 0.29) is 0 Å². The van der Waals surface area contributed by atoms with Crippen LogP contribution in [0.5, 0.6) is 0 Å². The Morgan fingerprint density at radius 3 is 2.55 bits per heavy atom. The largest absolute Gasteiger partial charge is 0.338 e. The number of nitriles is 1. The molecule has 0 unspecified atom stereocenters. The third-order valence-corrected chi connectivity index (χ3v) is 3.89. The lowest BCUT2D eigenvalue weighted by atomic mass is 10.1. The lowest BCUT2D eigenvalue weighted by Crippen LogP contribution is -2.02. The molecule has 1 heterocycles. The maximum absolute atomic E-state index is 9.38. The van der Waals surface area contributed by atoms with Gasteiger partial charge in [-0.05, 0) is 18.6 Å². The standard InChI is InChI=1S/C17H13ClN2/c1-12-15(10-19)14-8-5-9-16(18)17(14)20(12)11-13-6-3-2-4-7-13/h2-9H,11H2,1H3. The van der Waals surface area contributed by atoms with Crippen LogP contribution in [0.1, 0.15) is 16.8 Å². The van der Waals surface area contributed by atoms with Crippen LogP contribution in [0.15, 0.2) is 48.5 Å². The first-order valence-electron chi connectivity index (χ1n) is 6.43. The molecule has 3 aromatic rings. The Hall–Kier alpha value is -2.24. The number of rotatable bonds is 2. The summed E-state index contributed by atoms with van der Waals surface area (Å²) in [6, 6.07) is 18.2. The molecule has 0 aliphatic heterocycles. The Balaban J connectivity index is 2.25. The highest BCUT2D eigenvalue weighted by Crippen LogP contribution is 2.31. The van der Waals surface area contributed by atoms with E-state index < -0.39 is 0 Å². The van der Waals surface area contributed by atoms with Gasteiger partial charge in [0.15, 0.2) is 0 Å². The molecule has 0 saturated carbocycles. The Labute approximate surface area is 122 Å². The van der Waals surface area contributed by atoms with Gasteiger partial charge in [-0.2, -0.15) is 5.26 Å². The summed E-state index contributed by atoms with van der Waals surface area (Å²) in [7, 11) is 0. The van der Waals surface area contributed by atoms with Crippen molar-refractivity contribution >= 4 is 22.5 Å². The quantitative estimate of drug-likeness (QED) is 0.678. The van der Waals surface area contributed by atoms with Gasteiger partial charge in [-0.15, -0.1) is 0 Å². The molecule has 0 aliphatic carbocycles. The molecule has 3 rings (SSSR count). The Kier molecular flexibility index (Phi) is 3.22. The van der Waals surface area contributed by atoms with Gasteiger partial charge in [0.25, 0.3) is 0 Å². The lowest BCUT2D eigenvalue weighted by Gasteiger charge is -2.09. The smallest absolute Gasteiger partial charge is 0.102 e. The van der Waals surface area contributed by atoms with Crippen LogP contribution in [-0.2, 0) is 6.54 Å². The van der Waals surface area contributed by atoms with E-state index >= 15 is 0 Å². The number of hydrogen-bond donors (Lipinski definition) is 0. The summed E-state index contributed by atoms with van der Waals surface area (Å²) >= 11 is 6.34. The molecule has 2 aromatic carbocycles. The first kappa shape index (κ1) is 12.8. The average Bonchev–Trinajstić information content (AvgIpc) is 2.73. The van der Waals surface area contributed by atoms with Crippen molar-refractivity contribution in [2.45, 2.75) is 13.5 Å². The van der Waals surface area contributed by atoms with Crippen LogP contribution in [0.25, 0.3) is 10.9 Å². The van der Waals surface area contributed by atoms with Gasteiger partial charge in [0.1, 0.15) is 6.07 Å². The number of para-hydroxylation sites is 1. The Morgan fingerprint density at radius 1 is 1.10 bits per heavy atom. The highest BCUT2D eigenvalue weighted by molar-refractivity contribution is 6.35. The highest BCUT2D eigenvalue weighted by atomic mass is 35.5. The van der Waals surface area contributed by atoms with Gasteiger partial charge >= 0.3 is 0 Å². The molecular formula is C17H13ClN2. The zero-order valence-corrected chi connectivity index (χ0v) is 11.9. The zero-order chi connectivity index (χ0) is 14.1. The monoisotopic (exact) mass is 280 g/mol. The highest BCUT2D eigenvalue weighted by Gasteiger charge is 2.15. The van der Waals surface area contributed by atoms with Crippen LogP contribution in [0.2, 0.25) is 5.02 Å². The molecule has 98 valence electrons. The molecule has 0 saturated heterocycles. The molecule has 0 atom stereocenters. The van der Waals surface area contributed by atoms with Crippen LogP contribution in [-0.4, -0.2) is 4.57 Å². The van der Waals surface area contributed by atoms with Gasteiger partial charge in [-0.1, -0.05) is 54.1 Å². The molecule has 0 radical (unpaired) electrons. The number of nitrogens with zero attached hydrogens (tertiary/aromatic N) is 2. The maximum atomic E-state index is 9.38. The number of aromatic nitrogens is 1. The van der Waals surface area contributed by atoms with E-state index in [2.05, 4.69) is 22.8 Å². The van der Waals surface area contributed by atoms with E-state index in [1.807, 2.05) is 43.3 Å². The number of halogens is 1. The summed E-state index contributed by atoms with van der Waals surface area (Å²) in [6.45, 7) is 2.69. The van der Waals surface area contributed by atoms with Crippen LogP contribution in [0, 0.1) is 18.3 Å². The summed E-state index contributed by atoms with van der Waals surface area (Å²) in [5.41, 5.74) is 3.79. The van der Waals surface area contributed by atoms with Crippen molar-refractivity contribution in [1.29, 1.82) is 5.26 Å². The molecule has 20 heavy (non-hydrogen) atoms. The zero-order valence-electron chi connectivity index (χ0n) is 11.1. The minimum absolute atomic E-state index is 0.683. The van der Waals surface area contributed by atoms with Crippen molar-refractivity contribution in [2.75, 3.05) is 0 Å². The van der Waals surface area contributed by atoms with E-state index in [1.54, 1.807) is 0 Å². The van der Waals surface area contributed by atoms with Crippen molar-refractivity contribution in [2.24, 2.45) is 0 Å². The van der Waals surface area contributed by atoms with Crippen molar-refractivity contribution < 1.29 is 0 Å². The summed E-state index contributed by atoms with van der Waals surface area (Å²) in [6.07, 6.45) is 0. The van der Waals surface area contributed by atoms with Gasteiger partial charge in [-0.25, -0.2) is 0 Å². The summed E-state index contributed by atoms with van der Waals surface area (Å²) < 4.78 is 2.12. The van der Waals surface area contributed by atoms with Gasteiger partial charge < -0.3 is 4.57 Å². The predicted octanol–water partition coefficient (Wildman–Crippen LogP) is 4.52. The minimum atomic E-state index is 0.683. The molecule has 0 spiro atoms. The first-order chi connectivity index (χ1) is 9.72. The van der Waals surface area contributed by atoms with Crippen LogP contribution in [0.3, 0.4) is 0 Å². The van der Waals surface area contributed by atoms with Crippen molar-refractivity contribution in [3.8, 4) is 6.07 Å². The normalized spacial score (nSPS) is 10.7. The number of benzene rings is 2. The SMILES string of the molecule is Cc1c(C#N)c2cccc(Cl)c2n1Cc1ccccc1. The summed E-state index contributed by atoms with van der Waals surface area (Å²) in [5, 5.41) is 11.0. The molecule has 2 nitrogen and oxygen atoms in total. The van der Waals surface area contributed by atoms with Crippen molar-refractivity contribution in [3.63, 3.8) is 0 Å². The first-order valence-corrected chi connectivity index (χ1v) is 6.81. The van der Waals surface area contributed by atoms with Crippen LogP contribution >= 0.6 is 11.6 Å². The second kappa shape index (κ2) is 5.03. The van der Waals surface area contributed by atoms with E-state index in [0.29, 0.717) is 17.1 Å². The van der Waals surface area contributed by atoms with Crippen molar-refractivity contribution in [3.05, 3.63) is 70.4 Å². The molecule has 3 heteroatoms. The van der Waals surface area contributed by atoms with Crippen molar-refractivity contribution in [1.82, 2.24) is 4.57 Å². The van der Waals surface area contributed by atoms with Crippen LogP contribution in [0.4, 0.5) is 0 Å². The van der Waals surface area contributed by atoms with Gasteiger partial charge in [0, 0.05) is 17.6 Å². The topological polar surface area (TPSA) is 28.7 Å². The Bertz CT molecular complexity index is 810. The third kappa shape index (κ3) is 1.97. The number of fused-ring (bicyclic) bond motifs is 1. The van der Waals surface area contributed by atoms with E-state index in [4.69, 9.17) is 11.6 Å². The third-order valence-electron chi connectivity index (χ3n) is 3.59. The summed E-state index contributed by atoms with van der Waals surface area (Å²) in [5.74, 6) is 0. The minimum Gasteiger partial charge on any atom is -0.338 e. The Morgan fingerprint density at radius 2 is 1.85 bits per heavy atom. The fraction of sp³-hybridized carbons (Fsp3) is 0.118. The van der Waals surface area contributed by atoms with Gasteiger partial charge in [0.05, 0.1) is 16.1 Å². The molecule has 1 aromatic heterocycles. The fourth-order valence-electron chi connectivity index (χ4n) is 2.59. The molecule has 0 fully saturated rings. The molecule has 0 amide bonds. The predicted molar refractivity (Wildman–Crippen MR) is 81.9 cm³/mol. The fourth-order valence-corrected chi connectivity index (χ4v) is 2.87. The van der Waals surface area contributed by atoms with Crippen LogP contribution < -0.4 is 0 Å². The number of hydrogen-bond acceptors (Lipinski definition) is 1. The lowest BCUT2D eigenvalue weighted by molar-refractivity contribution is 0.803. The molecule has 0 bridgehead atoms. The van der Waals surface area contributed by atoms with E-state index in [1.165, 1.54) is 5.56 Å². The van der Waals surface area contributed by atoms with E-state index in [9.17, 15) is 5.26 Å². The van der Waals surface area contributed by atoms with Gasteiger partial charge in [-0.3, -0.25) is 0 Å². The summed E-state index contributed by atoms with van der Waals surface area (Å²) in [4.78, 5) is 0. The van der Waals surface area contributed by atoms with Gasteiger partial charge in [0.2, 0.25) is 0 Å². The average molecular weight is 281 g/mol. The van der Waals surface area contributed by atoms with E-state index in [0.717, 1.165) is 16.6 Å². The molecule has 0 N–H and O–H groups in total. The second-order valence-electron chi connectivity index (χ2n) is 4.78. The molecular weight excluding hydrogens is 268 g/mol. The maximum Gasteiger partial charge on any atom is 0.102 e. The second-order valence-corrected chi connectivity index (χ2v) is 5.19. The molecule has 0 aliphatic rings.